The molecule has 1 unspecified atom stereocenters. The summed E-state index contributed by atoms with van der Waals surface area (Å²) in [7, 11) is 1.55. The van der Waals surface area contributed by atoms with Gasteiger partial charge in [-0.15, -0.1) is 0 Å². The molecule has 0 aliphatic carbocycles. The first-order chi connectivity index (χ1) is 8.84. The SMILES string of the molecule is CC(C)CC(N)C(=O)N(C)c1ccccc1C(=O)O. The maximum absolute atomic E-state index is 12.2. The average Bonchev–Trinajstić information content (AvgIpc) is 2.36. The van der Waals surface area contributed by atoms with E-state index in [-0.39, 0.29) is 11.5 Å². The number of hydrogen-bond acceptors (Lipinski definition) is 3. The lowest BCUT2D eigenvalue weighted by Crippen LogP contribution is -2.43. The number of para-hydroxylation sites is 1. The monoisotopic (exact) mass is 264 g/mol. The van der Waals surface area contributed by atoms with Crippen molar-refractivity contribution in [2.24, 2.45) is 11.7 Å². The third-order valence-electron chi connectivity index (χ3n) is 2.87. The van der Waals surface area contributed by atoms with Gasteiger partial charge in [-0.25, -0.2) is 4.79 Å². The van der Waals surface area contributed by atoms with Crippen molar-refractivity contribution in [2.45, 2.75) is 26.3 Å². The Hall–Kier alpha value is -1.88. The van der Waals surface area contributed by atoms with Crippen molar-refractivity contribution < 1.29 is 14.7 Å². The molecule has 5 heteroatoms. The smallest absolute Gasteiger partial charge is 0.337 e. The van der Waals surface area contributed by atoms with Gasteiger partial charge in [0.05, 0.1) is 17.3 Å². The van der Waals surface area contributed by atoms with Gasteiger partial charge in [0, 0.05) is 7.05 Å². The van der Waals surface area contributed by atoms with Gasteiger partial charge in [-0.1, -0.05) is 26.0 Å². The number of carbonyl (C=O) groups is 2. The van der Waals surface area contributed by atoms with Crippen molar-refractivity contribution in [3.05, 3.63) is 29.8 Å². The first-order valence-electron chi connectivity index (χ1n) is 6.20. The summed E-state index contributed by atoms with van der Waals surface area (Å²) >= 11 is 0. The molecule has 1 rings (SSSR count). The average molecular weight is 264 g/mol. The Morgan fingerprint density at radius 2 is 1.89 bits per heavy atom. The third-order valence-corrected chi connectivity index (χ3v) is 2.87. The lowest BCUT2D eigenvalue weighted by Gasteiger charge is -2.23. The number of likely N-dealkylation sites (N-methyl/N-ethyl adjacent to an activating group) is 1. The Bertz CT molecular complexity index is 472. The van der Waals surface area contributed by atoms with Gasteiger partial charge >= 0.3 is 5.97 Å². The number of rotatable bonds is 5. The first-order valence-corrected chi connectivity index (χ1v) is 6.20. The molecule has 0 saturated heterocycles. The van der Waals surface area contributed by atoms with Crippen molar-refractivity contribution in [3.63, 3.8) is 0 Å². The summed E-state index contributed by atoms with van der Waals surface area (Å²) in [6.45, 7) is 3.97. The van der Waals surface area contributed by atoms with Crippen LogP contribution in [-0.4, -0.2) is 30.1 Å². The molecule has 0 aromatic heterocycles. The quantitative estimate of drug-likeness (QED) is 0.848. The largest absolute Gasteiger partial charge is 0.478 e. The van der Waals surface area contributed by atoms with Gasteiger partial charge in [0.25, 0.3) is 0 Å². The minimum absolute atomic E-state index is 0.0927. The second-order valence-corrected chi connectivity index (χ2v) is 4.96. The van der Waals surface area contributed by atoms with Crippen LogP contribution in [-0.2, 0) is 4.79 Å². The van der Waals surface area contributed by atoms with Crippen molar-refractivity contribution in [1.29, 1.82) is 0 Å². The summed E-state index contributed by atoms with van der Waals surface area (Å²) < 4.78 is 0. The lowest BCUT2D eigenvalue weighted by molar-refractivity contribution is -0.119. The molecule has 0 aliphatic rings. The van der Waals surface area contributed by atoms with Crippen LogP contribution in [0.15, 0.2) is 24.3 Å². The number of amides is 1. The van der Waals surface area contributed by atoms with E-state index in [1.807, 2.05) is 13.8 Å². The van der Waals surface area contributed by atoms with Gasteiger partial charge in [-0.2, -0.15) is 0 Å². The Balaban J connectivity index is 2.97. The predicted molar refractivity (Wildman–Crippen MR) is 74.2 cm³/mol. The van der Waals surface area contributed by atoms with Crippen molar-refractivity contribution in [2.75, 3.05) is 11.9 Å². The van der Waals surface area contributed by atoms with Crippen LogP contribution in [0, 0.1) is 5.92 Å². The zero-order valence-corrected chi connectivity index (χ0v) is 11.5. The van der Waals surface area contributed by atoms with E-state index in [4.69, 9.17) is 10.8 Å². The second-order valence-electron chi connectivity index (χ2n) is 4.96. The van der Waals surface area contributed by atoms with E-state index in [9.17, 15) is 9.59 Å². The molecule has 1 aromatic carbocycles. The fourth-order valence-corrected chi connectivity index (χ4v) is 1.92. The molecule has 5 nitrogen and oxygen atoms in total. The zero-order valence-electron chi connectivity index (χ0n) is 11.5. The Morgan fingerprint density at radius 1 is 1.32 bits per heavy atom. The number of nitrogens with zero attached hydrogens (tertiary/aromatic N) is 1. The zero-order chi connectivity index (χ0) is 14.6. The van der Waals surface area contributed by atoms with E-state index in [0.717, 1.165) is 0 Å². The standard InChI is InChI=1S/C14H20N2O3/c1-9(2)8-11(15)13(17)16(3)12-7-5-4-6-10(12)14(18)19/h4-7,9,11H,8,15H2,1-3H3,(H,18,19). The molecule has 19 heavy (non-hydrogen) atoms. The van der Waals surface area contributed by atoms with Gasteiger partial charge in [-0.3, -0.25) is 4.79 Å². The first kappa shape index (κ1) is 15.2. The van der Waals surface area contributed by atoms with E-state index < -0.39 is 12.0 Å². The van der Waals surface area contributed by atoms with Gasteiger partial charge in [0.2, 0.25) is 5.91 Å². The van der Waals surface area contributed by atoms with E-state index in [0.29, 0.717) is 18.0 Å². The summed E-state index contributed by atoms with van der Waals surface area (Å²) in [6.07, 6.45) is 0.568. The fourth-order valence-electron chi connectivity index (χ4n) is 1.92. The van der Waals surface area contributed by atoms with Crippen LogP contribution < -0.4 is 10.6 Å². The number of anilines is 1. The summed E-state index contributed by atoms with van der Waals surface area (Å²) in [4.78, 5) is 24.6. The molecule has 0 bridgehead atoms. The maximum atomic E-state index is 12.2. The van der Waals surface area contributed by atoms with Crippen LogP contribution in [0.1, 0.15) is 30.6 Å². The van der Waals surface area contributed by atoms with Gasteiger partial charge in [0.1, 0.15) is 0 Å². The van der Waals surface area contributed by atoms with E-state index in [1.54, 1.807) is 25.2 Å². The van der Waals surface area contributed by atoms with Crippen LogP contribution in [0.4, 0.5) is 5.69 Å². The van der Waals surface area contributed by atoms with Crippen LogP contribution >= 0.6 is 0 Å². The third kappa shape index (κ3) is 3.79. The Kier molecular flexibility index (Phi) is 5.06. The Labute approximate surface area is 113 Å². The van der Waals surface area contributed by atoms with Crippen LogP contribution in [0.3, 0.4) is 0 Å². The number of nitrogens with two attached hydrogens (primary N) is 1. The number of carboxylic acid groups (broad SMARTS) is 1. The second kappa shape index (κ2) is 6.33. The predicted octanol–water partition coefficient (Wildman–Crippen LogP) is 1.72. The maximum Gasteiger partial charge on any atom is 0.337 e. The highest BCUT2D eigenvalue weighted by molar-refractivity contribution is 6.03. The molecule has 1 amide bonds. The topological polar surface area (TPSA) is 83.6 Å². The summed E-state index contributed by atoms with van der Waals surface area (Å²) in [5.74, 6) is -1.03. The van der Waals surface area contributed by atoms with Crippen LogP contribution in [0.25, 0.3) is 0 Å². The summed E-state index contributed by atoms with van der Waals surface area (Å²) in [5.41, 5.74) is 6.30. The van der Waals surface area contributed by atoms with Crippen LogP contribution in [0.5, 0.6) is 0 Å². The van der Waals surface area contributed by atoms with Crippen molar-refractivity contribution >= 4 is 17.6 Å². The molecule has 0 spiro atoms. The molecule has 1 atom stereocenters. The van der Waals surface area contributed by atoms with Gasteiger partial charge in [0.15, 0.2) is 0 Å². The van der Waals surface area contributed by atoms with Crippen LogP contribution in [0.2, 0.25) is 0 Å². The van der Waals surface area contributed by atoms with E-state index in [1.165, 1.54) is 11.0 Å². The molecule has 0 heterocycles. The summed E-state index contributed by atoms with van der Waals surface area (Å²) in [5, 5.41) is 9.11. The normalized spacial score (nSPS) is 12.3. The number of carboxylic acids is 1. The van der Waals surface area contributed by atoms with E-state index >= 15 is 0 Å². The summed E-state index contributed by atoms with van der Waals surface area (Å²) in [6, 6.07) is 5.77. The molecular weight excluding hydrogens is 244 g/mol. The highest BCUT2D eigenvalue weighted by Crippen LogP contribution is 2.20. The molecule has 0 radical (unpaired) electrons. The number of aromatic carboxylic acids is 1. The molecule has 0 fully saturated rings. The highest BCUT2D eigenvalue weighted by Gasteiger charge is 2.23. The molecule has 3 N–H and O–H groups in total. The molecule has 0 aliphatic heterocycles. The molecule has 0 saturated carbocycles. The number of carbonyl (C=O) groups excluding carboxylic acids is 1. The fraction of sp³-hybridized carbons (Fsp3) is 0.429. The van der Waals surface area contributed by atoms with E-state index in [2.05, 4.69) is 0 Å². The van der Waals surface area contributed by atoms with Crippen molar-refractivity contribution in [1.82, 2.24) is 0 Å². The number of benzene rings is 1. The minimum Gasteiger partial charge on any atom is -0.478 e. The molecular formula is C14H20N2O3. The molecule has 1 aromatic rings. The minimum atomic E-state index is -1.06. The molecule has 104 valence electrons. The van der Waals surface area contributed by atoms with Gasteiger partial charge < -0.3 is 15.7 Å². The lowest BCUT2D eigenvalue weighted by atomic mass is 10.0. The number of hydrogen-bond donors (Lipinski definition) is 2. The van der Waals surface area contributed by atoms with Crippen molar-refractivity contribution in [3.8, 4) is 0 Å². The van der Waals surface area contributed by atoms with Gasteiger partial charge in [-0.05, 0) is 24.5 Å². The highest BCUT2D eigenvalue weighted by atomic mass is 16.4. The Morgan fingerprint density at radius 3 is 2.42 bits per heavy atom.